The van der Waals surface area contributed by atoms with Gasteiger partial charge in [-0.25, -0.2) is 4.98 Å². The second kappa shape index (κ2) is 8.71. The van der Waals surface area contributed by atoms with Crippen molar-refractivity contribution in [2.75, 3.05) is 6.54 Å². The molecule has 1 aromatic rings. The number of nitrogens with one attached hydrogen (secondary N) is 2. The van der Waals surface area contributed by atoms with Crippen LogP contribution in [-0.2, 0) is 4.79 Å². The number of aliphatic hydroxyl groups excluding tert-OH is 1. The van der Waals surface area contributed by atoms with Gasteiger partial charge in [0.1, 0.15) is 5.01 Å². The number of carbonyl (C=O) groups is 1. The average Bonchev–Trinajstić information content (AvgIpc) is 2.96. The standard InChI is InChI=1S/C11H17N3O2S.2ClH/c1-2-8(11-12-3-4-17-11)14-10(16)9-5-7(15)6-13-9;;/h3-4,7-9,13,15H,2,5-6H2,1H3,(H,14,16);2*1H. The van der Waals surface area contributed by atoms with Crippen LogP contribution in [0.4, 0.5) is 0 Å². The van der Waals surface area contributed by atoms with Crippen molar-refractivity contribution in [3.05, 3.63) is 16.6 Å². The molecular formula is C11H19Cl2N3O2S. The van der Waals surface area contributed by atoms with Crippen LogP contribution in [-0.4, -0.2) is 34.7 Å². The monoisotopic (exact) mass is 327 g/mol. The third-order valence-electron chi connectivity index (χ3n) is 2.90. The molecule has 0 aliphatic carbocycles. The first-order chi connectivity index (χ1) is 8.20. The molecule has 110 valence electrons. The molecule has 3 N–H and O–H groups in total. The lowest BCUT2D eigenvalue weighted by atomic mass is 10.1. The summed E-state index contributed by atoms with van der Waals surface area (Å²) in [5.74, 6) is -0.0522. The summed E-state index contributed by atoms with van der Waals surface area (Å²) >= 11 is 1.55. The smallest absolute Gasteiger partial charge is 0.237 e. The topological polar surface area (TPSA) is 74.2 Å². The second-order valence-corrected chi connectivity index (χ2v) is 5.12. The van der Waals surface area contributed by atoms with E-state index in [4.69, 9.17) is 0 Å². The molecule has 1 aliphatic heterocycles. The molecule has 1 aromatic heterocycles. The van der Waals surface area contributed by atoms with Gasteiger partial charge in [-0.05, 0) is 12.8 Å². The average molecular weight is 328 g/mol. The van der Waals surface area contributed by atoms with Crippen molar-refractivity contribution in [3.8, 4) is 0 Å². The second-order valence-electron chi connectivity index (χ2n) is 4.19. The molecule has 1 amide bonds. The number of amides is 1. The molecule has 8 heteroatoms. The van der Waals surface area contributed by atoms with E-state index in [1.165, 1.54) is 0 Å². The number of thiazole rings is 1. The molecule has 0 saturated carbocycles. The van der Waals surface area contributed by atoms with Crippen LogP contribution in [0.2, 0.25) is 0 Å². The quantitative estimate of drug-likeness (QED) is 0.778. The summed E-state index contributed by atoms with van der Waals surface area (Å²) in [6.45, 7) is 2.51. The highest BCUT2D eigenvalue weighted by atomic mass is 35.5. The highest BCUT2D eigenvalue weighted by Gasteiger charge is 2.29. The molecule has 5 nitrogen and oxygen atoms in total. The van der Waals surface area contributed by atoms with Crippen molar-refractivity contribution in [1.29, 1.82) is 0 Å². The first kappa shape index (κ1) is 18.6. The summed E-state index contributed by atoms with van der Waals surface area (Å²) in [6.07, 6.45) is 2.63. The number of hydrogen-bond acceptors (Lipinski definition) is 5. The van der Waals surface area contributed by atoms with Crippen LogP contribution in [0.1, 0.15) is 30.8 Å². The Morgan fingerprint density at radius 2 is 2.42 bits per heavy atom. The summed E-state index contributed by atoms with van der Waals surface area (Å²) in [7, 11) is 0. The lowest BCUT2D eigenvalue weighted by Gasteiger charge is -2.17. The first-order valence-corrected chi connectivity index (χ1v) is 6.70. The van der Waals surface area contributed by atoms with E-state index in [0.29, 0.717) is 13.0 Å². The number of β-amino-alcohol motifs (C(OH)–C–C–N with tert-alkyl or cyclic N) is 1. The minimum absolute atomic E-state index is 0. The Balaban J connectivity index is 0.00000162. The van der Waals surface area contributed by atoms with Gasteiger partial charge in [-0.2, -0.15) is 0 Å². The summed E-state index contributed by atoms with van der Waals surface area (Å²) in [5.41, 5.74) is 0. The SMILES string of the molecule is CCC(NC(=O)C1CC(O)CN1)c1nccs1.Cl.Cl. The Kier molecular flexibility index (Phi) is 8.52. The van der Waals surface area contributed by atoms with Crippen molar-refractivity contribution in [2.45, 2.75) is 38.0 Å². The summed E-state index contributed by atoms with van der Waals surface area (Å²) in [5, 5.41) is 18.2. The summed E-state index contributed by atoms with van der Waals surface area (Å²) < 4.78 is 0. The number of nitrogens with zero attached hydrogens (tertiary/aromatic N) is 1. The number of hydrogen-bond donors (Lipinski definition) is 3. The molecule has 2 heterocycles. The van der Waals surface area contributed by atoms with E-state index >= 15 is 0 Å². The maximum atomic E-state index is 11.9. The number of rotatable bonds is 4. The zero-order valence-electron chi connectivity index (χ0n) is 10.5. The van der Waals surface area contributed by atoms with Crippen molar-refractivity contribution in [1.82, 2.24) is 15.6 Å². The number of aromatic nitrogens is 1. The third kappa shape index (κ3) is 4.89. The largest absolute Gasteiger partial charge is 0.392 e. The van der Waals surface area contributed by atoms with Gasteiger partial charge in [-0.3, -0.25) is 4.79 Å². The van der Waals surface area contributed by atoms with Crippen LogP contribution in [0.5, 0.6) is 0 Å². The van der Waals surface area contributed by atoms with Gasteiger partial charge >= 0.3 is 0 Å². The van der Waals surface area contributed by atoms with E-state index in [1.54, 1.807) is 17.5 Å². The van der Waals surface area contributed by atoms with Gasteiger partial charge in [0.15, 0.2) is 0 Å². The maximum absolute atomic E-state index is 11.9. The zero-order chi connectivity index (χ0) is 12.3. The van der Waals surface area contributed by atoms with Gasteiger partial charge in [0.05, 0.1) is 18.2 Å². The zero-order valence-corrected chi connectivity index (χ0v) is 13.0. The molecule has 1 saturated heterocycles. The molecule has 1 fully saturated rings. The Hall–Kier alpha value is -0.400. The van der Waals surface area contributed by atoms with E-state index in [1.807, 2.05) is 12.3 Å². The van der Waals surface area contributed by atoms with Gasteiger partial charge in [-0.1, -0.05) is 6.92 Å². The molecule has 1 aliphatic rings. The minimum atomic E-state index is -0.411. The van der Waals surface area contributed by atoms with Crippen LogP contribution in [0.15, 0.2) is 11.6 Å². The number of aliphatic hydroxyl groups is 1. The van der Waals surface area contributed by atoms with Gasteiger partial charge in [-0.15, -0.1) is 36.2 Å². The number of halogens is 2. The van der Waals surface area contributed by atoms with Crippen LogP contribution in [0, 0.1) is 0 Å². The lowest BCUT2D eigenvalue weighted by molar-refractivity contribution is -0.123. The van der Waals surface area contributed by atoms with Crippen LogP contribution >= 0.6 is 36.2 Å². The van der Waals surface area contributed by atoms with E-state index in [2.05, 4.69) is 15.6 Å². The Morgan fingerprint density at radius 3 is 2.89 bits per heavy atom. The summed E-state index contributed by atoms with van der Waals surface area (Å²) in [6, 6.07) is -0.305. The molecule has 0 radical (unpaired) electrons. The van der Waals surface area contributed by atoms with Crippen LogP contribution < -0.4 is 10.6 Å². The lowest BCUT2D eigenvalue weighted by Crippen LogP contribution is -2.41. The molecule has 19 heavy (non-hydrogen) atoms. The molecule has 0 spiro atoms. The third-order valence-corrected chi connectivity index (χ3v) is 3.79. The summed E-state index contributed by atoms with van der Waals surface area (Å²) in [4.78, 5) is 16.2. The van der Waals surface area contributed by atoms with Gasteiger partial charge in [0.2, 0.25) is 5.91 Å². The molecule has 2 rings (SSSR count). The van der Waals surface area contributed by atoms with E-state index < -0.39 is 6.10 Å². The van der Waals surface area contributed by atoms with Gasteiger partial charge in [0, 0.05) is 18.1 Å². The highest BCUT2D eigenvalue weighted by molar-refractivity contribution is 7.09. The fourth-order valence-electron chi connectivity index (χ4n) is 1.93. The normalized spacial score (nSPS) is 23.1. The predicted octanol–water partition coefficient (Wildman–Crippen LogP) is 1.28. The van der Waals surface area contributed by atoms with E-state index in [9.17, 15) is 9.90 Å². The van der Waals surface area contributed by atoms with Crippen LogP contribution in [0.3, 0.4) is 0 Å². The van der Waals surface area contributed by atoms with Crippen molar-refractivity contribution >= 4 is 42.1 Å². The van der Waals surface area contributed by atoms with Crippen LogP contribution in [0.25, 0.3) is 0 Å². The fourth-order valence-corrected chi connectivity index (χ4v) is 2.71. The minimum Gasteiger partial charge on any atom is -0.392 e. The van der Waals surface area contributed by atoms with Crippen molar-refractivity contribution in [3.63, 3.8) is 0 Å². The first-order valence-electron chi connectivity index (χ1n) is 5.82. The molecule has 0 aromatic carbocycles. The Bertz CT molecular complexity index is 378. The Labute approximate surface area is 129 Å². The Morgan fingerprint density at radius 1 is 1.68 bits per heavy atom. The maximum Gasteiger partial charge on any atom is 0.237 e. The molecule has 3 atom stereocenters. The van der Waals surface area contributed by atoms with E-state index in [-0.39, 0.29) is 42.8 Å². The fraction of sp³-hybridized carbons (Fsp3) is 0.636. The van der Waals surface area contributed by atoms with E-state index in [0.717, 1.165) is 11.4 Å². The predicted molar refractivity (Wildman–Crippen MR) is 80.2 cm³/mol. The molecule has 0 bridgehead atoms. The number of carbonyl (C=O) groups excluding carboxylic acids is 1. The van der Waals surface area contributed by atoms with Crippen molar-refractivity contribution < 1.29 is 9.90 Å². The van der Waals surface area contributed by atoms with Gasteiger partial charge < -0.3 is 15.7 Å². The van der Waals surface area contributed by atoms with Gasteiger partial charge in [0.25, 0.3) is 0 Å². The highest BCUT2D eigenvalue weighted by Crippen LogP contribution is 2.19. The van der Waals surface area contributed by atoms with Crippen molar-refractivity contribution in [2.24, 2.45) is 0 Å². The molecular weight excluding hydrogens is 309 g/mol. The molecule has 3 unspecified atom stereocenters.